The molecule has 0 unspecified atom stereocenters. The van der Waals surface area contributed by atoms with E-state index < -0.39 is 39.6 Å². The Kier molecular flexibility index (Phi) is 6.94. The number of carbonyl (C=O) groups is 2. The van der Waals surface area contributed by atoms with Crippen LogP contribution in [0.1, 0.15) is 27.4 Å². The summed E-state index contributed by atoms with van der Waals surface area (Å²) < 4.78 is 25.6. The van der Waals surface area contributed by atoms with Gasteiger partial charge in [0.05, 0.1) is 33.8 Å². The van der Waals surface area contributed by atoms with E-state index in [1.54, 1.807) is 12.1 Å². The molecule has 3 aromatic carbocycles. The Balaban J connectivity index is 1.52. The number of alkyl halides is 2. The normalized spacial score (nSPS) is 17.9. The third kappa shape index (κ3) is 5.21. The predicted octanol–water partition coefficient (Wildman–Crippen LogP) is 6.92. The predicted molar refractivity (Wildman–Crippen MR) is 131 cm³/mol. The van der Waals surface area contributed by atoms with Crippen LogP contribution in [0.4, 0.5) is 20.2 Å². The highest BCUT2D eigenvalue weighted by Crippen LogP contribution is 2.65. The Hall–Kier alpha value is -2.89. The number of nitrogens with zero attached hydrogens (tertiary/aromatic N) is 1. The van der Waals surface area contributed by atoms with Crippen molar-refractivity contribution in [3.05, 3.63) is 93.0 Å². The van der Waals surface area contributed by atoms with E-state index in [9.17, 15) is 18.4 Å². The van der Waals surface area contributed by atoms with Crippen molar-refractivity contribution in [2.24, 2.45) is 5.92 Å². The minimum atomic E-state index is -1.44. The molecule has 3 aromatic rings. The molecular formula is C24H13Cl4F2N3O2. The van der Waals surface area contributed by atoms with Gasteiger partial charge in [0, 0.05) is 22.7 Å². The van der Waals surface area contributed by atoms with Crippen LogP contribution in [-0.4, -0.2) is 16.1 Å². The Morgan fingerprint density at radius 1 is 0.971 bits per heavy atom. The Labute approximate surface area is 218 Å². The van der Waals surface area contributed by atoms with Crippen LogP contribution < -0.4 is 10.6 Å². The van der Waals surface area contributed by atoms with E-state index in [1.807, 2.05) is 6.07 Å². The van der Waals surface area contributed by atoms with E-state index >= 15 is 0 Å². The van der Waals surface area contributed by atoms with Gasteiger partial charge in [-0.3, -0.25) is 9.59 Å². The van der Waals surface area contributed by atoms with Crippen molar-refractivity contribution in [1.82, 2.24) is 0 Å². The number of nitrogens with one attached hydrogen (secondary N) is 2. The second-order valence-corrected chi connectivity index (χ2v) is 10.1. The van der Waals surface area contributed by atoms with Gasteiger partial charge in [-0.2, -0.15) is 5.26 Å². The minimum absolute atomic E-state index is 0.0410. The summed E-state index contributed by atoms with van der Waals surface area (Å²) >= 11 is 24.9. The average Bonchev–Trinajstić information content (AvgIpc) is 3.38. The molecule has 1 saturated carbocycles. The molecule has 4 rings (SSSR count). The van der Waals surface area contributed by atoms with Gasteiger partial charge in [0.2, 0.25) is 5.91 Å². The van der Waals surface area contributed by atoms with Crippen molar-refractivity contribution in [3.8, 4) is 6.07 Å². The van der Waals surface area contributed by atoms with E-state index in [0.717, 1.165) is 12.1 Å². The lowest BCUT2D eigenvalue weighted by atomic mass is 10.1. The van der Waals surface area contributed by atoms with Crippen molar-refractivity contribution in [3.63, 3.8) is 0 Å². The SMILES string of the molecule is N#Cc1cc(Cl)cc([C@H]2[C@H](C(=O)Nc3ccc(Cl)c(C(=O)Nc4ccc(F)cc4F)c3)C2(Cl)Cl)c1. The molecule has 5 nitrogen and oxygen atoms in total. The molecule has 0 saturated heterocycles. The van der Waals surface area contributed by atoms with Crippen molar-refractivity contribution < 1.29 is 18.4 Å². The zero-order valence-corrected chi connectivity index (χ0v) is 20.4. The monoisotopic (exact) mass is 553 g/mol. The van der Waals surface area contributed by atoms with Crippen LogP contribution >= 0.6 is 46.4 Å². The van der Waals surface area contributed by atoms with Gasteiger partial charge in [-0.25, -0.2) is 8.78 Å². The Morgan fingerprint density at radius 3 is 2.40 bits per heavy atom. The average molecular weight is 555 g/mol. The minimum Gasteiger partial charge on any atom is -0.326 e. The lowest BCUT2D eigenvalue weighted by molar-refractivity contribution is -0.117. The number of amides is 2. The van der Waals surface area contributed by atoms with Gasteiger partial charge in [0.15, 0.2) is 0 Å². The molecule has 0 aliphatic heterocycles. The van der Waals surface area contributed by atoms with Crippen molar-refractivity contribution in [1.29, 1.82) is 5.26 Å². The number of nitriles is 1. The largest absolute Gasteiger partial charge is 0.326 e. The first-order chi connectivity index (χ1) is 16.5. The molecule has 2 atom stereocenters. The maximum atomic E-state index is 13.9. The van der Waals surface area contributed by atoms with Crippen LogP contribution in [0.15, 0.2) is 54.6 Å². The zero-order valence-electron chi connectivity index (χ0n) is 17.4. The summed E-state index contributed by atoms with van der Waals surface area (Å²) in [4.78, 5) is 25.6. The standard InChI is InChI=1S/C24H13Cl4F2N3O2/c25-13-6-11(10-31)5-12(7-13)20-21(24(20,27)28)23(35)32-15-2-3-17(26)16(9-15)22(34)33-19-4-1-14(29)8-18(19)30/h1-9,20-21H,(H,32,35)(H,33,34)/t20-,21+/m0/s1. The van der Waals surface area contributed by atoms with Gasteiger partial charge in [-0.15, -0.1) is 23.2 Å². The molecule has 1 fully saturated rings. The molecule has 35 heavy (non-hydrogen) atoms. The zero-order chi connectivity index (χ0) is 25.5. The molecule has 178 valence electrons. The molecule has 0 aromatic heterocycles. The first kappa shape index (κ1) is 25.2. The fraction of sp³-hybridized carbons (Fsp3) is 0.125. The number of hydrogen-bond acceptors (Lipinski definition) is 3. The Morgan fingerprint density at radius 2 is 1.71 bits per heavy atom. The molecule has 0 radical (unpaired) electrons. The van der Waals surface area contributed by atoms with Crippen molar-refractivity contribution in [2.45, 2.75) is 10.3 Å². The molecule has 0 heterocycles. The van der Waals surface area contributed by atoms with Crippen LogP contribution in [0, 0.1) is 28.9 Å². The summed E-state index contributed by atoms with van der Waals surface area (Å²) in [6.07, 6.45) is 0. The number of rotatable bonds is 5. The van der Waals surface area contributed by atoms with Gasteiger partial charge >= 0.3 is 0 Å². The summed E-state index contributed by atoms with van der Waals surface area (Å²) in [5, 5.41) is 14.5. The smallest absolute Gasteiger partial charge is 0.257 e. The van der Waals surface area contributed by atoms with Gasteiger partial charge in [-0.05, 0) is 54.1 Å². The fourth-order valence-electron chi connectivity index (χ4n) is 3.70. The molecule has 11 heteroatoms. The number of hydrogen-bond donors (Lipinski definition) is 2. The molecule has 0 bridgehead atoms. The summed E-state index contributed by atoms with van der Waals surface area (Å²) in [5.41, 5.74) is 0.750. The van der Waals surface area contributed by atoms with E-state index in [4.69, 9.17) is 51.7 Å². The number of anilines is 2. The van der Waals surface area contributed by atoms with E-state index in [1.165, 1.54) is 24.3 Å². The highest BCUT2D eigenvalue weighted by molar-refractivity contribution is 6.53. The van der Waals surface area contributed by atoms with E-state index in [2.05, 4.69) is 10.6 Å². The van der Waals surface area contributed by atoms with Crippen LogP contribution in [0.5, 0.6) is 0 Å². The van der Waals surface area contributed by atoms with Gasteiger partial charge in [-0.1, -0.05) is 23.2 Å². The van der Waals surface area contributed by atoms with E-state index in [-0.39, 0.29) is 22.0 Å². The quantitative estimate of drug-likeness (QED) is 0.336. The summed E-state index contributed by atoms with van der Waals surface area (Å²) in [6.45, 7) is 0. The highest BCUT2D eigenvalue weighted by Gasteiger charge is 2.67. The second kappa shape index (κ2) is 9.63. The molecule has 1 aliphatic carbocycles. The van der Waals surface area contributed by atoms with Crippen LogP contribution in [0.25, 0.3) is 0 Å². The number of carbonyl (C=O) groups excluding carboxylic acids is 2. The first-order valence-corrected chi connectivity index (χ1v) is 11.5. The molecule has 0 spiro atoms. The van der Waals surface area contributed by atoms with Crippen LogP contribution in [-0.2, 0) is 4.79 Å². The first-order valence-electron chi connectivity index (χ1n) is 9.96. The maximum Gasteiger partial charge on any atom is 0.257 e. The topological polar surface area (TPSA) is 82.0 Å². The maximum absolute atomic E-state index is 13.9. The van der Waals surface area contributed by atoms with Crippen LogP contribution in [0.2, 0.25) is 10.0 Å². The summed E-state index contributed by atoms with van der Waals surface area (Å²) in [6, 6.07) is 13.4. The third-order valence-electron chi connectivity index (χ3n) is 5.40. The van der Waals surface area contributed by atoms with E-state index in [0.29, 0.717) is 22.2 Å². The number of benzene rings is 3. The lowest BCUT2D eigenvalue weighted by Gasteiger charge is -2.11. The fourth-order valence-corrected chi connectivity index (χ4v) is 4.98. The van der Waals surface area contributed by atoms with Gasteiger partial charge < -0.3 is 10.6 Å². The highest BCUT2D eigenvalue weighted by atomic mass is 35.5. The molecule has 2 amide bonds. The second-order valence-electron chi connectivity index (χ2n) is 7.78. The molecule has 2 N–H and O–H groups in total. The third-order valence-corrected chi connectivity index (χ3v) is 6.89. The summed E-state index contributed by atoms with van der Waals surface area (Å²) in [7, 11) is 0. The van der Waals surface area contributed by atoms with Crippen LogP contribution in [0.3, 0.4) is 0 Å². The van der Waals surface area contributed by atoms with Crippen molar-refractivity contribution in [2.75, 3.05) is 10.6 Å². The molecule has 1 aliphatic rings. The number of halogens is 6. The van der Waals surface area contributed by atoms with Gasteiger partial charge in [0.1, 0.15) is 16.0 Å². The molecular weight excluding hydrogens is 542 g/mol. The Bertz CT molecular complexity index is 1410. The summed E-state index contributed by atoms with van der Waals surface area (Å²) in [5.74, 6) is -4.53. The lowest BCUT2D eigenvalue weighted by Crippen LogP contribution is -2.18. The van der Waals surface area contributed by atoms with Gasteiger partial charge in [0.25, 0.3) is 5.91 Å². The van der Waals surface area contributed by atoms with Crippen molar-refractivity contribution >= 4 is 69.6 Å².